The lowest BCUT2D eigenvalue weighted by Gasteiger charge is -2.31. The van der Waals surface area contributed by atoms with Crippen LogP contribution < -0.4 is 15.0 Å². The summed E-state index contributed by atoms with van der Waals surface area (Å²) in [5.74, 6) is -1.76. The molecule has 10 nitrogen and oxygen atoms in total. The number of piperazine rings is 1. The minimum atomic E-state index is -5.01. The molecule has 0 bridgehead atoms. The molecule has 0 spiro atoms. The number of alkyl halides is 3. The van der Waals surface area contributed by atoms with Gasteiger partial charge in [-0.2, -0.15) is 0 Å². The fourth-order valence-electron chi connectivity index (χ4n) is 4.37. The Morgan fingerprint density at radius 2 is 1.74 bits per heavy atom. The second-order valence-corrected chi connectivity index (χ2v) is 9.78. The molecule has 2 saturated heterocycles. The van der Waals surface area contributed by atoms with Crippen molar-refractivity contribution in [1.82, 2.24) is 19.7 Å². The standard InChI is InChI=1S/C25H29F3N6O4/c1-24(2)22(36)34(23(37)33(24)15-17-6-8-29-9-7-17)18-4-5-20(38-25(26,27)28)19(14-18)30-21(35)16-32-12-10-31(3)11-13-32/h4-9,14H,10-13,15-16H2,1-3H3,(H,30,35). The quantitative estimate of drug-likeness (QED) is 0.546. The highest BCUT2D eigenvalue weighted by atomic mass is 19.4. The van der Waals surface area contributed by atoms with E-state index in [0.29, 0.717) is 13.1 Å². The zero-order valence-electron chi connectivity index (χ0n) is 21.3. The number of halogens is 3. The largest absolute Gasteiger partial charge is 0.573 e. The molecule has 13 heteroatoms. The van der Waals surface area contributed by atoms with Crippen LogP contribution in [0.15, 0.2) is 42.7 Å². The molecule has 4 rings (SSSR count). The van der Waals surface area contributed by atoms with Crippen molar-refractivity contribution in [3.05, 3.63) is 48.3 Å². The molecule has 2 aromatic rings. The van der Waals surface area contributed by atoms with Crippen LogP contribution in [-0.2, 0) is 16.1 Å². The average molecular weight is 535 g/mol. The number of aromatic nitrogens is 1. The minimum absolute atomic E-state index is 0.00900. The van der Waals surface area contributed by atoms with Gasteiger partial charge in [0, 0.05) is 45.1 Å². The Morgan fingerprint density at radius 3 is 2.37 bits per heavy atom. The van der Waals surface area contributed by atoms with Gasteiger partial charge in [0.25, 0.3) is 5.91 Å². The normalized spacial score (nSPS) is 18.7. The monoisotopic (exact) mass is 534 g/mol. The first-order valence-electron chi connectivity index (χ1n) is 12.0. The summed E-state index contributed by atoms with van der Waals surface area (Å²) in [6.07, 6.45) is -1.88. The number of urea groups is 1. The molecular weight excluding hydrogens is 505 g/mol. The number of likely N-dealkylation sites (N-methyl/N-ethyl adjacent to an activating group) is 1. The number of ether oxygens (including phenoxy) is 1. The van der Waals surface area contributed by atoms with Crippen molar-refractivity contribution < 1.29 is 32.3 Å². The van der Waals surface area contributed by atoms with Crippen LogP contribution in [0.3, 0.4) is 0 Å². The Morgan fingerprint density at radius 1 is 1.08 bits per heavy atom. The van der Waals surface area contributed by atoms with Gasteiger partial charge in [-0.1, -0.05) is 0 Å². The second-order valence-electron chi connectivity index (χ2n) is 9.78. The second kappa shape index (κ2) is 10.6. The van der Waals surface area contributed by atoms with Gasteiger partial charge in [-0.05, 0) is 56.8 Å². The van der Waals surface area contributed by atoms with E-state index in [4.69, 9.17) is 0 Å². The van der Waals surface area contributed by atoms with Crippen LogP contribution in [-0.4, -0.2) is 89.2 Å². The van der Waals surface area contributed by atoms with Crippen molar-refractivity contribution in [2.45, 2.75) is 32.3 Å². The number of anilines is 2. The summed E-state index contributed by atoms with van der Waals surface area (Å²) >= 11 is 0. The van der Waals surface area contributed by atoms with E-state index >= 15 is 0 Å². The lowest BCUT2D eigenvalue weighted by Crippen LogP contribution is -2.47. The van der Waals surface area contributed by atoms with Crippen LogP contribution in [0.2, 0.25) is 0 Å². The summed E-state index contributed by atoms with van der Waals surface area (Å²) in [4.78, 5) is 49.6. The number of rotatable bonds is 7. The molecule has 204 valence electrons. The van der Waals surface area contributed by atoms with E-state index in [1.165, 1.54) is 11.0 Å². The summed E-state index contributed by atoms with van der Waals surface area (Å²) in [5, 5.41) is 2.47. The van der Waals surface area contributed by atoms with E-state index in [1.807, 2.05) is 11.9 Å². The van der Waals surface area contributed by atoms with Gasteiger partial charge >= 0.3 is 12.4 Å². The average Bonchev–Trinajstić information content (AvgIpc) is 3.01. The Labute approximate surface area is 217 Å². The highest BCUT2D eigenvalue weighted by molar-refractivity contribution is 6.23. The number of benzene rings is 1. The smallest absolute Gasteiger partial charge is 0.404 e. The molecule has 0 aliphatic carbocycles. The molecule has 0 saturated carbocycles. The maximum absolute atomic E-state index is 13.4. The van der Waals surface area contributed by atoms with Crippen LogP contribution in [0.25, 0.3) is 0 Å². The number of nitrogens with one attached hydrogen (secondary N) is 1. The molecule has 0 radical (unpaired) electrons. The number of hydrogen-bond acceptors (Lipinski definition) is 7. The van der Waals surface area contributed by atoms with E-state index in [-0.39, 0.29) is 24.5 Å². The fourth-order valence-corrected chi connectivity index (χ4v) is 4.37. The van der Waals surface area contributed by atoms with Crippen molar-refractivity contribution in [2.24, 2.45) is 0 Å². The van der Waals surface area contributed by atoms with E-state index < -0.39 is 35.5 Å². The Bertz CT molecular complexity index is 1200. The Hall–Kier alpha value is -3.71. The first-order valence-corrected chi connectivity index (χ1v) is 12.0. The number of carbonyl (C=O) groups excluding carboxylic acids is 3. The lowest BCUT2D eigenvalue weighted by atomic mass is 10.0. The molecule has 0 atom stereocenters. The first-order chi connectivity index (χ1) is 17.8. The highest BCUT2D eigenvalue weighted by Gasteiger charge is 2.52. The third-order valence-electron chi connectivity index (χ3n) is 6.60. The number of imide groups is 1. The van der Waals surface area contributed by atoms with Gasteiger partial charge in [-0.15, -0.1) is 13.2 Å². The molecule has 2 aliphatic heterocycles. The third kappa shape index (κ3) is 6.05. The van der Waals surface area contributed by atoms with Crippen LogP contribution in [0, 0.1) is 0 Å². The Kier molecular flexibility index (Phi) is 7.61. The number of carbonyl (C=O) groups is 3. The van der Waals surface area contributed by atoms with Gasteiger partial charge in [-0.3, -0.25) is 19.5 Å². The van der Waals surface area contributed by atoms with Crippen molar-refractivity contribution in [3.8, 4) is 5.75 Å². The van der Waals surface area contributed by atoms with Crippen LogP contribution in [0.5, 0.6) is 5.75 Å². The topological polar surface area (TPSA) is 98.3 Å². The van der Waals surface area contributed by atoms with Crippen LogP contribution >= 0.6 is 0 Å². The maximum atomic E-state index is 13.4. The highest BCUT2D eigenvalue weighted by Crippen LogP contribution is 2.38. The molecule has 0 unspecified atom stereocenters. The fraction of sp³-hybridized carbons (Fsp3) is 0.440. The molecule has 4 amide bonds. The number of pyridine rings is 1. The summed E-state index contributed by atoms with van der Waals surface area (Å²) in [7, 11) is 1.96. The number of amides is 4. The zero-order valence-corrected chi connectivity index (χ0v) is 21.3. The molecule has 1 aromatic carbocycles. The summed E-state index contributed by atoms with van der Waals surface area (Å²) in [6, 6.07) is 6.09. The molecule has 2 aliphatic rings. The van der Waals surface area contributed by atoms with Crippen molar-refractivity contribution >= 4 is 29.2 Å². The summed E-state index contributed by atoms with van der Waals surface area (Å²) < 4.78 is 43.3. The maximum Gasteiger partial charge on any atom is 0.573 e. The van der Waals surface area contributed by atoms with E-state index in [9.17, 15) is 27.6 Å². The predicted molar refractivity (Wildman–Crippen MR) is 132 cm³/mol. The summed E-state index contributed by atoms with van der Waals surface area (Å²) in [6.45, 7) is 6.07. The minimum Gasteiger partial charge on any atom is -0.404 e. The zero-order chi connectivity index (χ0) is 27.7. The van der Waals surface area contributed by atoms with Crippen molar-refractivity contribution in [1.29, 1.82) is 0 Å². The summed E-state index contributed by atoms with van der Waals surface area (Å²) in [5.41, 5.74) is -0.770. The van der Waals surface area contributed by atoms with E-state index in [1.54, 1.807) is 38.4 Å². The third-order valence-corrected chi connectivity index (χ3v) is 6.60. The first kappa shape index (κ1) is 27.3. The van der Waals surface area contributed by atoms with Crippen LogP contribution in [0.4, 0.5) is 29.3 Å². The van der Waals surface area contributed by atoms with Gasteiger partial charge in [0.1, 0.15) is 5.54 Å². The molecule has 1 aromatic heterocycles. The predicted octanol–water partition coefficient (Wildman–Crippen LogP) is 2.91. The number of hydrogen-bond donors (Lipinski definition) is 1. The molecule has 2 fully saturated rings. The number of nitrogens with zero attached hydrogens (tertiary/aromatic N) is 5. The van der Waals surface area contributed by atoms with Gasteiger partial charge < -0.3 is 19.9 Å². The van der Waals surface area contributed by atoms with Crippen LogP contribution in [0.1, 0.15) is 19.4 Å². The van der Waals surface area contributed by atoms with Crippen molar-refractivity contribution in [2.75, 3.05) is 50.0 Å². The SMILES string of the molecule is CN1CCN(CC(=O)Nc2cc(N3C(=O)N(Cc4ccncc4)C(C)(C)C3=O)ccc2OC(F)(F)F)CC1. The van der Waals surface area contributed by atoms with E-state index in [0.717, 1.165) is 35.7 Å². The van der Waals surface area contributed by atoms with Gasteiger partial charge in [0.2, 0.25) is 5.91 Å². The van der Waals surface area contributed by atoms with Crippen molar-refractivity contribution in [3.63, 3.8) is 0 Å². The molecule has 38 heavy (non-hydrogen) atoms. The van der Waals surface area contributed by atoms with E-state index in [2.05, 4.69) is 19.9 Å². The molecular formula is C25H29F3N6O4. The van der Waals surface area contributed by atoms with Gasteiger partial charge in [0.15, 0.2) is 5.75 Å². The molecule has 1 N–H and O–H groups in total. The molecule has 3 heterocycles. The lowest BCUT2D eigenvalue weighted by molar-refractivity contribution is -0.274. The van der Waals surface area contributed by atoms with Gasteiger partial charge in [-0.25, -0.2) is 9.69 Å². The van der Waals surface area contributed by atoms with Gasteiger partial charge in [0.05, 0.1) is 17.9 Å². The Balaban J connectivity index is 1.60.